The van der Waals surface area contributed by atoms with Gasteiger partial charge in [0.15, 0.2) is 0 Å². The minimum absolute atomic E-state index is 0.00230. The zero-order chi connectivity index (χ0) is 19.4. The standard InChI is InChI=1S/C19H21ClN2O4S/c1-26-19(23)17-13-16(9-10-18(17)20)27(24,25)21-14-5-7-15(8-6-14)22-11-3-2-4-12-22/h5-10,13,21H,2-4,11-12H2,1H3. The highest BCUT2D eigenvalue weighted by Crippen LogP contribution is 2.25. The molecule has 0 unspecified atom stereocenters. The van der Waals surface area contributed by atoms with Crippen LogP contribution < -0.4 is 9.62 Å². The van der Waals surface area contributed by atoms with Gasteiger partial charge in [-0.3, -0.25) is 4.72 Å². The first kappa shape index (κ1) is 19.5. The van der Waals surface area contributed by atoms with Gasteiger partial charge in [0.2, 0.25) is 0 Å². The zero-order valence-electron chi connectivity index (χ0n) is 14.9. The number of esters is 1. The van der Waals surface area contributed by atoms with Gasteiger partial charge in [-0.1, -0.05) is 11.6 Å². The lowest BCUT2D eigenvalue weighted by atomic mass is 10.1. The van der Waals surface area contributed by atoms with E-state index in [1.54, 1.807) is 12.1 Å². The quantitative estimate of drug-likeness (QED) is 0.759. The predicted octanol–water partition coefficient (Wildman–Crippen LogP) is 3.92. The third-order valence-electron chi connectivity index (χ3n) is 4.49. The first-order chi connectivity index (χ1) is 12.9. The van der Waals surface area contributed by atoms with Crippen molar-refractivity contribution in [2.75, 3.05) is 29.8 Å². The summed E-state index contributed by atoms with van der Waals surface area (Å²) < 4.78 is 32.4. The summed E-state index contributed by atoms with van der Waals surface area (Å²) in [5, 5.41) is 0.131. The summed E-state index contributed by atoms with van der Waals surface area (Å²) in [4.78, 5) is 14.0. The minimum Gasteiger partial charge on any atom is -0.465 e. The van der Waals surface area contributed by atoms with Crippen molar-refractivity contribution in [3.63, 3.8) is 0 Å². The van der Waals surface area contributed by atoms with Crippen LogP contribution in [0.5, 0.6) is 0 Å². The number of carbonyl (C=O) groups excluding carboxylic acids is 1. The molecule has 1 aliphatic rings. The monoisotopic (exact) mass is 408 g/mol. The molecule has 0 bridgehead atoms. The van der Waals surface area contributed by atoms with Crippen LogP contribution in [0.25, 0.3) is 0 Å². The number of ether oxygens (including phenoxy) is 1. The number of carbonyl (C=O) groups is 1. The summed E-state index contributed by atoms with van der Waals surface area (Å²) in [5.41, 5.74) is 1.53. The van der Waals surface area contributed by atoms with E-state index in [1.807, 2.05) is 12.1 Å². The summed E-state index contributed by atoms with van der Waals surface area (Å²) in [6.07, 6.45) is 3.60. The van der Waals surface area contributed by atoms with Gasteiger partial charge < -0.3 is 9.64 Å². The van der Waals surface area contributed by atoms with Gasteiger partial charge in [-0.15, -0.1) is 0 Å². The van der Waals surface area contributed by atoms with Gasteiger partial charge in [-0.25, -0.2) is 13.2 Å². The second-order valence-electron chi connectivity index (χ2n) is 6.33. The number of nitrogens with one attached hydrogen (secondary N) is 1. The van der Waals surface area contributed by atoms with Crippen LogP contribution in [0.15, 0.2) is 47.4 Å². The largest absolute Gasteiger partial charge is 0.465 e. The molecule has 0 saturated carbocycles. The highest BCUT2D eigenvalue weighted by molar-refractivity contribution is 7.92. The van der Waals surface area contributed by atoms with Crippen molar-refractivity contribution < 1.29 is 17.9 Å². The van der Waals surface area contributed by atoms with E-state index < -0.39 is 16.0 Å². The van der Waals surface area contributed by atoms with Crippen LogP contribution in [0, 0.1) is 0 Å². The Labute approximate surface area is 164 Å². The Hall–Kier alpha value is -2.25. The van der Waals surface area contributed by atoms with Gasteiger partial charge in [0.05, 0.1) is 22.6 Å². The molecule has 0 aromatic heterocycles. The Morgan fingerprint density at radius 3 is 2.37 bits per heavy atom. The van der Waals surface area contributed by atoms with Crippen molar-refractivity contribution >= 4 is 39.0 Å². The van der Waals surface area contributed by atoms with Gasteiger partial charge >= 0.3 is 5.97 Å². The number of nitrogens with zero attached hydrogens (tertiary/aromatic N) is 1. The fourth-order valence-corrected chi connectivity index (χ4v) is 4.32. The molecule has 1 heterocycles. The number of hydrogen-bond acceptors (Lipinski definition) is 5. The number of halogens is 1. The minimum atomic E-state index is -3.86. The maximum Gasteiger partial charge on any atom is 0.339 e. The van der Waals surface area contributed by atoms with Gasteiger partial charge in [-0.2, -0.15) is 0 Å². The summed E-state index contributed by atoms with van der Waals surface area (Å²) >= 11 is 5.95. The number of sulfonamides is 1. The van der Waals surface area contributed by atoms with Crippen LogP contribution in [-0.2, 0) is 14.8 Å². The molecule has 1 aliphatic heterocycles. The number of methoxy groups -OCH3 is 1. The number of hydrogen-bond donors (Lipinski definition) is 1. The fraction of sp³-hybridized carbons (Fsp3) is 0.316. The summed E-state index contributed by atoms with van der Waals surface area (Å²) in [7, 11) is -2.65. The van der Waals surface area contributed by atoms with Gasteiger partial charge in [-0.05, 0) is 61.7 Å². The Bertz CT molecular complexity index is 923. The molecule has 0 spiro atoms. The number of piperidine rings is 1. The molecule has 27 heavy (non-hydrogen) atoms. The summed E-state index contributed by atoms with van der Waals surface area (Å²) in [5.74, 6) is -0.692. The summed E-state index contributed by atoms with van der Waals surface area (Å²) in [6, 6.07) is 11.2. The molecule has 3 rings (SSSR count). The first-order valence-corrected chi connectivity index (χ1v) is 10.5. The van der Waals surface area contributed by atoms with Crippen LogP contribution in [0.3, 0.4) is 0 Å². The molecule has 2 aromatic rings. The molecule has 6 nitrogen and oxygen atoms in total. The van der Waals surface area contributed by atoms with Crippen LogP contribution >= 0.6 is 11.6 Å². The molecule has 144 valence electrons. The molecule has 1 fully saturated rings. The van der Waals surface area contributed by atoms with E-state index in [0.29, 0.717) is 5.69 Å². The average molecular weight is 409 g/mol. The number of benzene rings is 2. The van der Waals surface area contributed by atoms with Crippen molar-refractivity contribution in [3.05, 3.63) is 53.1 Å². The Kier molecular flexibility index (Phi) is 5.92. The second-order valence-corrected chi connectivity index (χ2v) is 8.42. The first-order valence-electron chi connectivity index (χ1n) is 8.66. The topological polar surface area (TPSA) is 75.7 Å². The smallest absolute Gasteiger partial charge is 0.339 e. The summed E-state index contributed by atoms with van der Waals surface area (Å²) in [6.45, 7) is 2.04. The predicted molar refractivity (Wildman–Crippen MR) is 106 cm³/mol. The van der Waals surface area contributed by atoms with Crippen molar-refractivity contribution in [1.29, 1.82) is 0 Å². The molecular weight excluding hydrogens is 388 g/mol. The van der Waals surface area contributed by atoms with Crippen molar-refractivity contribution in [3.8, 4) is 0 Å². The molecular formula is C19H21ClN2O4S. The Balaban J connectivity index is 1.79. The third kappa shape index (κ3) is 4.54. The molecule has 1 N–H and O–H groups in total. The third-order valence-corrected chi connectivity index (χ3v) is 6.20. The number of rotatable bonds is 5. The fourth-order valence-electron chi connectivity index (χ4n) is 3.04. The van der Waals surface area contributed by atoms with Gasteiger partial charge in [0.1, 0.15) is 0 Å². The molecule has 0 atom stereocenters. The van der Waals surface area contributed by atoms with Crippen LogP contribution in [0.2, 0.25) is 5.02 Å². The lowest BCUT2D eigenvalue weighted by molar-refractivity contribution is 0.0600. The number of anilines is 2. The molecule has 8 heteroatoms. The molecule has 0 aliphatic carbocycles. The maximum absolute atomic E-state index is 12.6. The van der Waals surface area contributed by atoms with E-state index in [0.717, 1.165) is 18.8 Å². The highest BCUT2D eigenvalue weighted by atomic mass is 35.5. The van der Waals surface area contributed by atoms with Crippen molar-refractivity contribution in [2.45, 2.75) is 24.2 Å². The normalized spacial score (nSPS) is 14.7. The van der Waals surface area contributed by atoms with Crippen LogP contribution in [0.1, 0.15) is 29.6 Å². The van der Waals surface area contributed by atoms with Crippen molar-refractivity contribution in [1.82, 2.24) is 0 Å². The lowest BCUT2D eigenvalue weighted by Crippen LogP contribution is -2.29. The Morgan fingerprint density at radius 2 is 1.74 bits per heavy atom. The van der Waals surface area contributed by atoms with E-state index in [2.05, 4.69) is 14.4 Å². The van der Waals surface area contributed by atoms with E-state index in [1.165, 1.54) is 44.6 Å². The molecule has 1 saturated heterocycles. The van der Waals surface area contributed by atoms with Gasteiger partial charge in [0, 0.05) is 24.5 Å². The average Bonchev–Trinajstić information content (AvgIpc) is 2.68. The molecule has 2 aromatic carbocycles. The van der Waals surface area contributed by atoms with E-state index in [9.17, 15) is 13.2 Å². The van der Waals surface area contributed by atoms with E-state index in [4.69, 9.17) is 11.6 Å². The van der Waals surface area contributed by atoms with Crippen molar-refractivity contribution in [2.24, 2.45) is 0 Å². The maximum atomic E-state index is 12.6. The highest BCUT2D eigenvalue weighted by Gasteiger charge is 2.19. The van der Waals surface area contributed by atoms with Gasteiger partial charge in [0.25, 0.3) is 10.0 Å². The van der Waals surface area contributed by atoms with E-state index in [-0.39, 0.29) is 15.5 Å². The molecule has 0 amide bonds. The lowest BCUT2D eigenvalue weighted by Gasteiger charge is -2.28. The zero-order valence-corrected chi connectivity index (χ0v) is 16.5. The SMILES string of the molecule is COC(=O)c1cc(S(=O)(=O)Nc2ccc(N3CCCCC3)cc2)ccc1Cl. The molecule has 0 radical (unpaired) electrons. The Morgan fingerprint density at radius 1 is 1.07 bits per heavy atom. The van der Waals surface area contributed by atoms with Crippen LogP contribution in [-0.4, -0.2) is 34.6 Å². The van der Waals surface area contributed by atoms with Crippen LogP contribution in [0.4, 0.5) is 11.4 Å². The second kappa shape index (κ2) is 8.19. The van der Waals surface area contributed by atoms with E-state index >= 15 is 0 Å².